The highest BCUT2D eigenvalue weighted by molar-refractivity contribution is 6.02. The number of aliphatic carboxylic acids is 3. The molecule has 17 amide bonds. The van der Waals surface area contributed by atoms with Crippen molar-refractivity contribution in [3.05, 3.63) is 29.8 Å². The van der Waals surface area contributed by atoms with Crippen LogP contribution in [0.15, 0.2) is 24.3 Å². The number of benzene rings is 1. The number of guanidine groups is 1. The number of nitrogens with one attached hydrogen (secondary N) is 17. The highest BCUT2D eigenvalue weighted by Gasteiger charge is 2.39. The van der Waals surface area contributed by atoms with Crippen LogP contribution in [0.25, 0.3) is 0 Å². The Kier molecular flexibility index (Phi) is 50.4. The van der Waals surface area contributed by atoms with E-state index in [2.05, 4.69) is 85.1 Å². The minimum atomic E-state index is -1.99. The molecule has 0 aliphatic carbocycles. The number of hydrogen-bond donors (Lipinski definition) is 27. The van der Waals surface area contributed by atoms with Gasteiger partial charge in [0.05, 0.1) is 25.4 Å². The number of phenolic OH excluding ortho intramolecular Hbond substituents is 1. The molecule has 16 unspecified atom stereocenters. The molecule has 0 saturated carbocycles. The number of unbranched alkanes of at least 4 members (excludes halogenated alkanes) is 2. The molecule has 0 spiro atoms. The normalized spacial score (nSPS) is 14.9. The highest BCUT2D eigenvalue weighted by Crippen LogP contribution is 2.17. The van der Waals surface area contributed by atoms with E-state index >= 15 is 0 Å². The van der Waals surface area contributed by atoms with Gasteiger partial charge in [0.15, 0.2) is 5.96 Å². The van der Waals surface area contributed by atoms with Crippen LogP contribution in [0.3, 0.4) is 0 Å². The van der Waals surface area contributed by atoms with Crippen molar-refractivity contribution < 1.29 is 116 Å². The molecule has 16 atom stereocenters. The van der Waals surface area contributed by atoms with Gasteiger partial charge in [0.2, 0.25) is 100 Å². The quantitative estimate of drug-likeness (QED) is 0.0164. The number of phenols is 1. The van der Waals surface area contributed by atoms with Gasteiger partial charge in [0.25, 0.3) is 0 Å². The summed E-state index contributed by atoms with van der Waals surface area (Å²) in [4.78, 5) is 268. The molecular weight excluding hydrogens is 1630 g/mol. The number of aromatic hydroxyl groups is 1. The van der Waals surface area contributed by atoms with E-state index in [1.165, 1.54) is 45.0 Å². The first-order valence-electron chi connectivity index (χ1n) is 40.8. The fraction of sp³-hybridized carbons (Fsp3) is 0.649. The SMILES string of the molecule is CCC(C)C(NC(=O)C(CC(C)C)NC(=O)C(CC(=O)O)NC(=O)C(C)NC(=O)C(CCCNC(=N)N)NC(=O)C(CCC(=O)O)NC(=O)C(CC(N)=O)NC(=O)C(C)N)C(=O)NC(C)C(=O)NC(Cc1ccc(O)cc1)C(=O)NC(CC(C)C)C(=O)NC(CCCCN)C(=O)NC(CCC(N)=O)C(=O)NC(C)C(=O)NCC(=O)NC(CCCCN)C(=O)O. The minimum absolute atomic E-state index is 0.0328. The Morgan fingerprint density at radius 2 is 0.758 bits per heavy atom. The molecule has 0 aliphatic heterocycles. The second-order valence-electron chi connectivity index (χ2n) is 31.0. The average Bonchev–Trinajstić information content (AvgIpc) is 0.842. The summed E-state index contributed by atoms with van der Waals surface area (Å²) in [7, 11) is 0. The van der Waals surface area contributed by atoms with Gasteiger partial charge in [-0.3, -0.25) is 96.5 Å². The summed E-state index contributed by atoms with van der Waals surface area (Å²) in [5.41, 5.74) is 33.4. The lowest BCUT2D eigenvalue weighted by Gasteiger charge is -2.29. The zero-order valence-electron chi connectivity index (χ0n) is 71.7. The molecule has 1 aromatic carbocycles. The van der Waals surface area contributed by atoms with Crippen LogP contribution in [0, 0.1) is 23.2 Å². The molecular formula is C77H129N23O24. The molecule has 0 bridgehead atoms. The molecule has 47 nitrogen and oxygen atoms in total. The Morgan fingerprint density at radius 3 is 1.19 bits per heavy atom. The van der Waals surface area contributed by atoms with Gasteiger partial charge in [-0.2, -0.15) is 0 Å². The summed E-state index contributed by atoms with van der Waals surface area (Å²) >= 11 is 0. The second kappa shape index (κ2) is 57.0. The van der Waals surface area contributed by atoms with E-state index in [-0.39, 0.29) is 82.5 Å². The standard InChI is InChI=1S/C77H129N23O24/c1-11-39(6)61(100-74(121)52(32-38(4)5)99-73(120)55(35-60(107)108)97-64(111)42(9)88-66(113)47(19-16-30-85-77(83)84)91-69(116)49(25-27-59(105)106)94-72(119)54(34-57(82)103)95-62(109)40(7)80)75(122)89-43(10)65(112)96-53(33-44-20-22-45(101)23-21-44)71(118)98-51(31-37(2)3)70(117)92-46(17-12-14-28-78)68(115)93-48(24-26-56(81)102)67(114)87-41(8)63(110)86-36-58(104)90-50(76(123)124)18-13-15-29-79/h20-23,37-43,46-55,61,101H,11-19,24-36,78-80H2,1-10H3,(H2,81,102)(H2,82,103)(H,86,110)(H,87,114)(H,88,113)(H,89,122)(H,90,104)(H,91,116)(H,92,117)(H,93,115)(H,94,119)(H,95,109)(H,96,112)(H,97,111)(H,98,118)(H,99,120)(H,100,121)(H,105,106)(H,107,108)(H,123,124)(H4,83,84,85). The van der Waals surface area contributed by atoms with Crippen LogP contribution in [-0.4, -0.2) is 262 Å². The first-order valence-corrected chi connectivity index (χ1v) is 40.8. The van der Waals surface area contributed by atoms with Crippen molar-refractivity contribution in [3.8, 4) is 5.75 Å². The summed E-state index contributed by atoms with van der Waals surface area (Å²) in [6.45, 7) is 14.5. The minimum Gasteiger partial charge on any atom is -0.508 e. The van der Waals surface area contributed by atoms with Crippen LogP contribution >= 0.6 is 0 Å². The predicted octanol–water partition coefficient (Wildman–Crippen LogP) is -7.53. The Balaban J connectivity index is 3.63. The van der Waals surface area contributed by atoms with Gasteiger partial charge < -0.3 is 140 Å². The summed E-state index contributed by atoms with van der Waals surface area (Å²) in [6.07, 6.45) is -3.47. The number of carbonyl (C=O) groups is 20. The molecule has 0 fully saturated rings. The monoisotopic (exact) mass is 1760 g/mol. The van der Waals surface area contributed by atoms with Crippen LogP contribution in [0.5, 0.6) is 5.75 Å². The third-order valence-corrected chi connectivity index (χ3v) is 19.0. The van der Waals surface area contributed by atoms with E-state index in [9.17, 15) is 116 Å². The van der Waals surface area contributed by atoms with E-state index in [1.54, 1.807) is 41.5 Å². The average molecular weight is 1760 g/mol. The maximum Gasteiger partial charge on any atom is 0.326 e. The van der Waals surface area contributed by atoms with Crippen molar-refractivity contribution in [2.24, 2.45) is 52.2 Å². The van der Waals surface area contributed by atoms with Crippen LogP contribution in [0.4, 0.5) is 0 Å². The van der Waals surface area contributed by atoms with Crippen molar-refractivity contribution in [2.75, 3.05) is 26.2 Å². The maximum absolute atomic E-state index is 14.7. The van der Waals surface area contributed by atoms with E-state index in [0.29, 0.717) is 31.4 Å². The molecule has 0 heterocycles. The fourth-order valence-electron chi connectivity index (χ4n) is 11.9. The number of carboxylic acids is 3. The summed E-state index contributed by atoms with van der Waals surface area (Å²) < 4.78 is 0. The molecule has 47 heteroatoms. The Labute approximate surface area is 717 Å². The van der Waals surface area contributed by atoms with Crippen LogP contribution in [0.1, 0.15) is 184 Å². The first-order chi connectivity index (χ1) is 58.0. The number of amides is 17. The largest absolute Gasteiger partial charge is 0.508 e. The fourth-order valence-corrected chi connectivity index (χ4v) is 11.9. The van der Waals surface area contributed by atoms with E-state index in [4.69, 9.17) is 39.8 Å². The van der Waals surface area contributed by atoms with Gasteiger partial charge in [-0.05, 0) is 153 Å². The maximum atomic E-state index is 14.7. The van der Waals surface area contributed by atoms with Gasteiger partial charge in [-0.15, -0.1) is 0 Å². The Bertz CT molecular complexity index is 3830. The Hall–Kier alpha value is -12.4. The molecule has 0 radical (unpaired) electrons. The number of carbonyl (C=O) groups excluding carboxylic acids is 17. The zero-order valence-corrected chi connectivity index (χ0v) is 71.7. The summed E-state index contributed by atoms with van der Waals surface area (Å²) in [5, 5.41) is 85.5. The van der Waals surface area contributed by atoms with Gasteiger partial charge in [0, 0.05) is 25.8 Å². The van der Waals surface area contributed by atoms with Crippen LogP contribution in [-0.2, 0) is 102 Å². The third-order valence-electron chi connectivity index (χ3n) is 19.0. The van der Waals surface area contributed by atoms with Crippen molar-refractivity contribution in [1.82, 2.24) is 85.1 Å². The van der Waals surface area contributed by atoms with Crippen molar-refractivity contribution in [2.45, 2.75) is 275 Å². The van der Waals surface area contributed by atoms with E-state index in [0.717, 1.165) is 6.92 Å². The van der Waals surface area contributed by atoms with Gasteiger partial charge in [0.1, 0.15) is 90.3 Å². The lowest BCUT2D eigenvalue weighted by molar-refractivity contribution is -0.142. The molecule has 33 N–H and O–H groups in total. The third kappa shape index (κ3) is 43.9. The summed E-state index contributed by atoms with van der Waals surface area (Å²) in [5.74, 6) is -23.9. The van der Waals surface area contributed by atoms with E-state index < -0.39 is 272 Å². The molecule has 1 aromatic rings. The number of carboxylic acid groups (broad SMARTS) is 3. The van der Waals surface area contributed by atoms with Crippen LogP contribution < -0.4 is 119 Å². The molecule has 0 aromatic heterocycles. The topological polar surface area (TPSA) is 795 Å². The lowest BCUT2D eigenvalue weighted by Crippen LogP contribution is -2.61. The van der Waals surface area contributed by atoms with Crippen molar-refractivity contribution in [3.63, 3.8) is 0 Å². The second-order valence-corrected chi connectivity index (χ2v) is 31.0. The van der Waals surface area contributed by atoms with Crippen molar-refractivity contribution in [1.29, 1.82) is 5.41 Å². The number of hydrogen-bond acceptors (Lipinski definition) is 25. The lowest BCUT2D eigenvalue weighted by atomic mass is 9.96. The number of nitrogens with two attached hydrogens (primary N) is 6. The highest BCUT2D eigenvalue weighted by atomic mass is 16.4. The van der Waals surface area contributed by atoms with Gasteiger partial charge >= 0.3 is 17.9 Å². The first kappa shape index (κ1) is 110. The molecule has 1 rings (SSSR count). The zero-order chi connectivity index (χ0) is 94.4. The predicted molar refractivity (Wildman–Crippen MR) is 445 cm³/mol. The van der Waals surface area contributed by atoms with E-state index in [1.807, 2.05) is 0 Å². The molecule has 0 aliphatic rings. The van der Waals surface area contributed by atoms with Gasteiger partial charge in [-0.25, -0.2) is 4.79 Å². The molecule has 0 saturated heterocycles. The summed E-state index contributed by atoms with van der Waals surface area (Å²) in [6, 6.07) is -17.9. The smallest absolute Gasteiger partial charge is 0.326 e. The van der Waals surface area contributed by atoms with Gasteiger partial charge in [-0.1, -0.05) is 60.1 Å². The number of rotatable bonds is 61. The molecule has 124 heavy (non-hydrogen) atoms. The van der Waals surface area contributed by atoms with Crippen LogP contribution in [0.2, 0.25) is 0 Å². The number of primary amides is 2. The molecule has 696 valence electrons. The Morgan fingerprint density at radius 1 is 0.379 bits per heavy atom. The van der Waals surface area contributed by atoms with Crippen molar-refractivity contribution >= 4 is 124 Å².